The Morgan fingerprint density at radius 3 is 2.00 bits per heavy atom. The third kappa shape index (κ3) is 8.00. The minimum absolute atomic E-state index is 0.200. The van der Waals surface area contributed by atoms with E-state index in [9.17, 15) is 34.8 Å². The summed E-state index contributed by atoms with van der Waals surface area (Å²) >= 11 is 0. The minimum atomic E-state index is -1.43. The van der Waals surface area contributed by atoms with Crippen LogP contribution in [0.1, 0.15) is 0 Å². The number of aliphatic hydroxyl groups excluding tert-OH is 4. The third-order valence-corrected chi connectivity index (χ3v) is 3.58. The zero-order chi connectivity index (χ0) is 21.3. The van der Waals surface area contributed by atoms with Crippen LogP contribution in [0, 0.1) is 5.41 Å². The molecule has 0 aromatic rings. The van der Waals surface area contributed by atoms with Crippen LogP contribution in [0.2, 0.25) is 0 Å². The van der Waals surface area contributed by atoms with Gasteiger partial charge in [-0.1, -0.05) is 0 Å². The number of rotatable bonds is 5. The molecule has 1 saturated heterocycles. The second-order valence-electron chi connectivity index (χ2n) is 5.60. The minimum Gasteiger partial charge on any atom is -0.478 e. The highest BCUT2D eigenvalue weighted by Gasteiger charge is 2.43. The van der Waals surface area contributed by atoms with E-state index in [0.29, 0.717) is 12.2 Å². The molecule has 1 aliphatic heterocycles. The molecule has 13 heteroatoms. The molecule has 154 valence electrons. The summed E-state index contributed by atoms with van der Waals surface area (Å²) in [6.07, 6.45) is -3.01. The van der Waals surface area contributed by atoms with Crippen LogP contribution in [0.3, 0.4) is 0 Å². The average Bonchev–Trinajstić information content (AvgIpc) is 2.57. The normalized spacial score (nSPS) is 24.7. The molecule has 0 saturated carbocycles. The average molecular weight is 392 g/mol. The Hall–Kier alpha value is -2.74. The van der Waals surface area contributed by atoms with E-state index in [0.717, 1.165) is 4.90 Å². The fraction of sp³-hybridized carbons (Fsp3) is 0.571. The molecule has 1 aliphatic rings. The van der Waals surface area contributed by atoms with E-state index < -0.39 is 48.8 Å². The molecule has 9 N–H and O–H groups in total. The van der Waals surface area contributed by atoms with Crippen molar-refractivity contribution in [2.45, 2.75) is 24.4 Å². The lowest BCUT2D eigenvalue weighted by molar-refractivity contribution is -0.166. The van der Waals surface area contributed by atoms with E-state index in [2.05, 4.69) is 0 Å². The van der Waals surface area contributed by atoms with Gasteiger partial charge in [0, 0.05) is 25.7 Å². The van der Waals surface area contributed by atoms with Gasteiger partial charge >= 0.3 is 11.9 Å². The largest absolute Gasteiger partial charge is 0.478 e. The summed E-state index contributed by atoms with van der Waals surface area (Å²) in [5, 5.41) is 60.8. The van der Waals surface area contributed by atoms with E-state index in [1.54, 1.807) is 0 Å². The Balaban J connectivity index is 0.000000713. The number of carboxylic acids is 2. The third-order valence-electron chi connectivity index (χ3n) is 3.58. The number of β-amino-alcohol motifs (C(OH)–C–C–N with tert-alkyl or cyclic N) is 1. The number of hydrogen-bond donors (Lipinski definition) is 8. The smallest absolute Gasteiger partial charge is 0.328 e. The lowest BCUT2D eigenvalue weighted by Gasteiger charge is -2.43. The molecule has 0 spiro atoms. The highest BCUT2D eigenvalue weighted by atomic mass is 16.4. The van der Waals surface area contributed by atoms with Crippen molar-refractivity contribution in [3.05, 3.63) is 12.2 Å². The predicted molar refractivity (Wildman–Crippen MR) is 89.6 cm³/mol. The molecule has 13 nitrogen and oxygen atoms in total. The molecule has 27 heavy (non-hydrogen) atoms. The summed E-state index contributed by atoms with van der Waals surface area (Å²) in [4.78, 5) is 33.4. The Morgan fingerprint density at radius 2 is 1.63 bits per heavy atom. The maximum Gasteiger partial charge on any atom is 0.328 e. The van der Waals surface area contributed by atoms with Crippen LogP contribution < -0.4 is 5.73 Å². The van der Waals surface area contributed by atoms with Crippen LogP contribution >= 0.6 is 0 Å². The molecule has 1 heterocycles. The lowest BCUT2D eigenvalue weighted by Crippen LogP contribution is -2.65. The Labute approximate surface area is 154 Å². The molecular weight excluding hydrogens is 368 g/mol. The molecule has 0 radical (unpaired) electrons. The number of aliphatic hydroxyl groups is 4. The Kier molecular flexibility index (Phi) is 9.95. The number of carbonyl (C=O) groups excluding carboxylic acids is 1. The van der Waals surface area contributed by atoms with Crippen molar-refractivity contribution in [1.82, 2.24) is 9.80 Å². The van der Waals surface area contributed by atoms with Crippen molar-refractivity contribution in [1.29, 1.82) is 5.41 Å². The summed E-state index contributed by atoms with van der Waals surface area (Å²) in [6, 6.07) is -0.994. The number of piperidine rings is 1. The molecule has 0 aliphatic carbocycles. The number of carboxylic acid groups (broad SMARTS) is 2. The fourth-order valence-corrected chi connectivity index (χ4v) is 2.10. The van der Waals surface area contributed by atoms with Gasteiger partial charge in [-0.15, -0.1) is 0 Å². The van der Waals surface area contributed by atoms with Crippen molar-refractivity contribution in [3.63, 3.8) is 0 Å². The number of nitrogens with zero attached hydrogens (tertiary/aromatic N) is 2. The molecule has 0 bridgehead atoms. The van der Waals surface area contributed by atoms with Gasteiger partial charge < -0.3 is 46.2 Å². The molecule has 1 unspecified atom stereocenters. The first kappa shape index (κ1) is 24.3. The van der Waals surface area contributed by atoms with Gasteiger partial charge in [0.05, 0.1) is 19.2 Å². The molecule has 1 amide bonds. The molecule has 1 rings (SSSR count). The number of hydrogen-bond acceptors (Lipinski definition) is 8. The first-order chi connectivity index (χ1) is 12.4. The SMILES string of the molecule is CN(CC(=O)N1C[C@H](O)[C@@H](O)[C@@H](O)C1CO)C(=N)N.O=C(O)/C=C\C(=O)O. The van der Waals surface area contributed by atoms with E-state index in [-0.39, 0.29) is 19.0 Å². The zero-order valence-electron chi connectivity index (χ0n) is 14.5. The number of nitrogens with two attached hydrogens (primary N) is 1. The maximum absolute atomic E-state index is 12.0. The van der Waals surface area contributed by atoms with E-state index in [4.69, 9.17) is 21.4 Å². The number of nitrogens with one attached hydrogen (secondary N) is 1. The van der Waals surface area contributed by atoms with E-state index in [1.165, 1.54) is 11.9 Å². The van der Waals surface area contributed by atoms with Gasteiger partial charge in [0.25, 0.3) is 0 Å². The van der Waals surface area contributed by atoms with Crippen molar-refractivity contribution >= 4 is 23.8 Å². The van der Waals surface area contributed by atoms with E-state index >= 15 is 0 Å². The predicted octanol–water partition coefficient (Wildman–Crippen LogP) is -4.19. The number of likely N-dealkylation sites (tertiary alicyclic amines) is 1. The van der Waals surface area contributed by atoms with Crippen LogP contribution in [0.4, 0.5) is 0 Å². The van der Waals surface area contributed by atoms with Gasteiger partial charge in [0.2, 0.25) is 5.91 Å². The first-order valence-electron chi connectivity index (χ1n) is 7.55. The molecule has 0 aromatic heterocycles. The van der Waals surface area contributed by atoms with Gasteiger partial charge in [0.1, 0.15) is 18.3 Å². The van der Waals surface area contributed by atoms with Crippen molar-refractivity contribution in [3.8, 4) is 0 Å². The van der Waals surface area contributed by atoms with Crippen LogP contribution in [-0.4, -0.2) is 115 Å². The highest BCUT2D eigenvalue weighted by molar-refractivity contribution is 5.89. The van der Waals surface area contributed by atoms with Crippen LogP contribution in [0.5, 0.6) is 0 Å². The van der Waals surface area contributed by atoms with Crippen molar-refractivity contribution in [2.75, 3.05) is 26.7 Å². The Morgan fingerprint density at radius 1 is 1.15 bits per heavy atom. The number of guanidine groups is 1. The Bertz CT molecular complexity index is 567. The maximum atomic E-state index is 12.0. The first-order valence-corrected chi connectivity index (χ1v) is 7.55. The fourth-order valence-electron chi connectivity index (χ4n) is 2.10. The van der Waals surface area contributed by atoms with Crippen LogP contribution in [0.25, 0.3) is 0 Å². The van der Waals surface area contributed by atoms with Crippen LogP contribution in [-0.2, 0) is 14.4 Å². The molecule has 4 atom stereocenters. The number of carbonyl (C=O) groups is 3. The summed E-state index contributed by atoms with van der Waals surface area (Å²) in [5.41, 5.74) is 5.21. The summed E-state index contributed by atoms with van der Waals surface area (Å²) < 4.78 is 0. The number of amides is 1. The summed E-state index contributed by atoms with van der Waals surface area (Å²) in [5.74, 6) is -3.33. The van der Waals surface area contributed by atoms with Crippen LogP contribution in [0.15, 0.2) is 12.2 Å². The number of likely N-dealkylation sites (N-methyl/N-ethyl adjacent to an activating group) is 1. The summed E-state index contributed by atoms with van der Waals surface area (Å²) in [6.45, 7) is -0.962. The summed E-state index contributed by atoms with van der Waals surface area (Å²) in [7, 11) is 1.44. The van der Waals surface area contributed by atoms with Crippen molar-refractivity contribution in [2.24, 2.45) is 5.73 Å². The standard InChI is InChI=1S/C10H20N4O5.C4H4O4/c1-13(10(11)12)3-7(17)14-2-6(16)9(19)8(18)5(14)4-15;5-3(6)1-2-4(7)8/h5-6,8-9,15-16,18-19H,2-4H2,1H3,(H3,11,12);1-2H,(H,5,6)(H,7,8)/b;2-1-/t5?,6-,8-,9+;/m0./s1. The van der Waals surface area contributed by atoms with Crippen molar-refractivity contribution < 1.29 is 45.0 Å². The van der Waals surface area contributed by atoms with E-state index in [1.807, 2.05) is 0 Å². The van der Waals surface area contributed by atoms with Gasteiger partial charge in [-0.3, -0.25) is 10.2 Å². The quantitative estimate of drug-likeness (QED) is 0.127. The monoisotopic (exact) mass is 392 g/mol. The lowest BCUT2D eigenvalue weighted by atomic mass is 9.94. The van der Waals surface area contributed by atoms with Gasteiger partial charge in [-0.05, 0) is 0 Å². The molecule has 0 aromatic carbocycles. The molecule has 1 fully saturated rings. The topological polar surface area (TPSA) is 229 Å². The highest BCUT2D eigenvalue weighted by Crippen LogP contribution is 2.19. The zero-order valence-corrected chi connectivity index (χ0v) is 14.5. The van der Waals surface area contributed by atoms with Gasteiger partial charge in [0.15, 0.2) is 5.96 Å². The van der Waals surface area contributed by atoms with Gasteiger partial charge in [-0.25, -0.2) is 9.59 Å². The second-order valence-corrected chi connectivity index (χ2v) is 5.60. The number of aliphatic carboxylic acids is 2. The molecular formula is C14H24N4O9. The van der Waals surface area contributed by atoms with Gasteiger partial charge in [-0.2, -0.15) is 0 Å². The second kappa shape index (κ2) is 11.1.